The van der Waals surface area contributed by atoms with Gasteiger partial charge >= 0.3 is 0 Å². The molecule has 0 N–H and O–H groups in total. The Labute approximate surface area is 116 Å². The van der Waals surface area contributed by atoms with Crippen LogP contribution in [-0.4, -0.2) is 13.6 Å². The van der Waals surface area contributed by atoms with Crippen LogP contribution >= 0.6 is 0 Å². The predicted molar refractivity (Wildman–Crippen MR) is 81.1 cm³/mol. The number of carbonyl (C=O) groups is 1. The fraction of sp³-hybridized carbons (Fsp3) is 0.938. The summed E-state index contributed by atoms with van der Waals surface area (Å²) < 4.78 is 0. The van der Waals surface area contributed by atoms with Crippen LogP contribution in [-0.2, 0) is 4.79 Å². The van der Waals surface area contributed by atoms with Gasteiger partial charge in [-0.1, -0.05) is 48.0 Å². The summed E-state index contributed by atoms with van der Waals surface area (Å²) in [7, 11) is 5.52. The number of hydrogen-bond acceptors (Lipinski definition) is 1. The first-order chi connectivity index (χ1) is 8.05. The summed E-state index contributed by atoms with van der Waals surface area (Å²) in [6.45, 7) is 13.4. The molecule has 0 aromatic heterocycles. The molecule has 18 heavy (non-hydrogen) atoms. The molecule has 0 rings (SSSR count). The number of carbonyl (C=O) groups excluding carboxylic acids is 1. The SMILES string of the molecule is [B]CC(=O)C(CCCC(C)(C)C)CCC(C)(C)C. The second-order valence-electron chi connectivity index (χ2n) is 7.92. The molecule has 1 nitrogen and oxygen atoms in total. The summed E-state index contributed by atoms with van der Waals surface area (Å²) in [6.07, 6.45) is 5.59. The Bertz CT molecular complexity index is 245. The van der Waals surface area contributed by atoms with E-state index >= 15 is 0 Å². The Morgan fingerprint density at radius 3 is 1.83 bits per heavy atom. The molecule has 0 aromatic carbocycles. The molecule has 0 saturated heterocycles. The van der Waals surface area contributed by atoms with E-state index in [2.05, 4.69) is 41.5 Å². The van der Waals surface area contributed by atoms with Crippen LogP contribution in [0, 0.1) is 16.7 Å². The molecule has 2 heteroatoms. The highest BCUT2D eigenvalue weighted by molar-refractivity contribution is 6.20. The number of hydrogen-bond donors (Lipinski definition) is 0. The predicted octanol–water partition coefficient (Wildman–Crippen LogP) is 4.80. The number of rotatable bonds is 7. The third kappa shape index (κ3) is 9.73. The molecule has 0 aliphatic heterocycles. The second-order valence-corrected chi connectivity index (χ2v) is 7.92. The van der Waals surface area contributed by atoms with Crippen LogP contribution in [0.2, 0.25) is 6.32 Å². The quantitative estimate of drug-likeness (QED) is 0.593. The maximum atomic E-state index is 11.9. The molecule has 0 bridgehead atoms. The fourth-order valence-electron chi connectivity index (χ4n) is 2.12. The highest BCUT2D eigenvalue weighted by Crippen LogP contribution is 2.29. The van der Waals surface area contributed by atoms with Crippen molar-refractivity contribution in [3.05, 3.63) is 0 Å². The second kappa shape index (κ2) is 7.35. The topological polar surface area (TPSA) is 17.1 Å². The Balaban J connectivity index is 4.21. The minimum Gasteiger partial charge on any atom is -0.300 e. The molecule has 0 spiro atoms. The zero-order valence-electron chi connectivity index (χ0n) is 13.3. The molecule has 1 atom stereocenters. The van der Waals surface area contributed by atoms with Crippen LogP contribution in [0.1, 0.15) is 73.6 Å². The largest absolute Gasteiger partial charge is 0.300 e. The molecule has 0 heterocycles. The Morgan fingerprint density at radius 1 is 0.944 bits per heavy atom. The summed E-state index contributed by atoms with van der Waals surface area (Å²) in [5.74, 6) is 0.421. The number of ketones is 1. The van der Waals surface area contributed by atoms with Gasteiger partial charge in [0.15, 0.2) is 0 Å². The first-order valence-corrected chi connectivity index (χ1v) is 7.28. The van der Waals surface area contributed by atoms with Crippen LogP contribution < -0.4 is 0 Å². The van der Waals surface area contributed by atoms with E-state index in [0.717, 1.165) is 25.7 Å². The van der Waals surface area contributed by atoms with Crippen LogP contribution in [0.4, 0.5) is 0 Å². The molecular formula is C16H31BO. The van der Waals surface area contributed by atoms with Gasteiger partial charge in [-0.05, 0) is 42.8 Å². The molecule has 2 radical (unpaired) electrons. The summed E-state index contributed by atoms with van der Waals surface area (Å²) in [6, 6.07) is 0. The molecule has 0 saturated carbocycles. The average Bonchev–Trinajstić information content (AvgIpc) is 2.19. The standard InChI is InChI=1S/C16H31BO/c1-15(2,3)10-7-8-13(14(18)12-17)9-11-16(4,5)6/h13H,7-12H2,1-6H3. The van der Waals surface area contributed by atoms with Crippen molar-refractivity contribution in [1.29, 1.82) is 0 Å². The zero-order valence-corrected chi connectivity index (χ0v) is 13.3. The summed E-state index contributed by atoms with van der Waals surface area (Å²) in [5.41, 5.74) is 0.664. The fourth-order valence-corrected chi connectivity index (χ4v) is 2.12. The Hall–Kier alpha value is -0.265. The zero-order chi connectivity index (χ0) is 14.4. The van der Waals surface area contributed by atoms with Gasteiger partial charge in [-0.2, -0.15) is 0 Å². The van der Waals surface area contributed by atoms with Crippen molar-refractivity contribution in [2.45, 2.75) is 80.0 Å². The Morgan fingerprint density at radius 2 is 1.44 bits per heavy atom. The van der Waals surface area contributed by atoms with Crippen LogP contribution in [0.25, 0.3) is 0 Å². The van der Waals surface area contributed by atoms with Crippen LogP contribution in [0.3, 0.4) is 0 Å². The van der Waals surface area contributed by atoms with Gasteiger partial charge in [-0.15, -0.1) is 0 Å². The van der Waals surface area contributed by atoms with E-state index in [0.29, 0.717) is 10.8 Å². The van der Waals surface area contributed by atoms with E-state index in [9.17, 15) is 4.79 Å². The van der Waals surface area contributed by atoms with Gasteiger partial charge in [0.1, 0.15) is 5.78 Å². The molecule has 0 fully saturated rings. The smallest absolute Gasteiger partial charge is 0.127 e. The normalized spacial score (nSPS) is 14.6. The van der Waals surface area contributed by atoms with Crippen molar-refractivity contribution in [3.8, 4) is 0 Å². The molecule has 0 aliphatic rings. The molecular weight excluding hydrogens is 219 g/mol. The molecule has 0 aromatic rings. The maximum Gasteiger partial charge on any atom is 0.127 e. The van der Waals surface area contributed by atoms with Crippen molar-refractivity contribution < 1.29 is 4.79 Å². The van der Waals surface area contributed by atoms with E-state index in [1.807, 2.05) is 0 Å². The minimum atomic E-state index is 0.177. The highest BCUT2D eigenvalue weighted by atomic mass is 16.1. The highest BCUT2D eigenvalue weighted by Gasteiger charge is 2.20. The summed E-state index contributed by atoms with van der Waals surface area (Å²) >= 11 is 0. The third-order valence-corrected chi connectivity index (χ3v) is 3.38. The summed E-state index contributed by atoms with van der Waals surface area (Å²) in [5, 5.41) is 0. The lowest BCUT2D eigenvalue weighted by atomic mass is 9.79. The van der Waals surface area contributed by atoms with Gasteiger partial charge < -0.3 is 4.79 Å². The average molecular weight is 250 g/mol. The van der Waals surface area contributed by atoms with Gasteiger partial charge in [0.2, 0.25) is 0 Å². The maximum absolute atomic E-state index is 11.9. The van der Waals surface area contributed by atoms with Gasteiger partial charge in [-0.25, -0.2) is 0 Å². The monoisotopic (exact) mass is 250 g/mol. The van der Waals surface area contributed by atoms with Crippen LogP contribution in [0.5, 0.6) is 0 Å². The van der Waals surface area contributed by atoms with Crippen molar-refractivity contribution in [3.63, 3.8) is 0 Å². The van der Waals surface area contributed by atoms with Gasteiger partial charge in [0.05, 0.1) is 7.85 Å². The Kier molecular flexibility index (Phi) is 7.25. The van der Waals surface area contributed by atoms with E-state index < -0.39 is 0 Å². The van der Waals surface area contributed by atoms with Gasteiger partial charge in [-0.3, -0.25) is 0 Å². The van der Waals surface area contributed by atoms with Gasteiger partial charge in [0, 0.05) is 5.92 Å². The molecule has 0 aliphatic carbocycles. The lowest BCUT2D eigenvalue weighted by molar-refractivity contribution is -0.121. The van der Waals surface area contributed by atoms with Crippen molar-refractivity contribution in [2.75, 3.05) is 0 Å². The van der Waals surface area contributed by atoms with Crippen LogP contribution in [0.15, 0.2) is 0 Å². The molecule has 104 valence electrons. The van der Waals surface area contributed by atoms with E-state index in [1.54, 1.807) is 0 Å². The lowest BCUT2D eigenvalue weighted by Gasteiger charge is -2.24. The first-order valence-electron chi connectivity index (χ1n) is 7.28. The summed E-state index contributed by atoms with van der Waals surface area (Å²) in [4.78, 5) is 11.9. The van der Waals surface area contributed by atoms with Crippen molar-refractivity contribution in [2.24, 2.45) is 16.7 Å². The molecule has 1 unspecified atom stereocenters. The van der Waals surface area contributed by atoms with E-state index in [1.165, 1.54) is 6.42 Å². The first kappa shape index (κ1) is 17.7. The third-order valence-electron chi connectivity index (χ3n) is 3.38. The molecule has 0 amide bonds. The van der Waals surface area contributed by atoms with Crippen molar-refractivity contribution >= 4 is 13.6 Å². The number of Topliss-reactive ketones (excluding diaryl/α,β-unsaturated/α-hetero) is 1. The van der Waals surface area contributed by atoms with Gasteiger partial charge in [0.25, 0.3) is 0 Å². The van der Waals surface area contributed by atoms with Crippen molar-refractivity contribution in [1.82, 2.24) is 0 Å². The van der Waals surface area contributed by atoms with E-state index in [4.69, 9.17) is 7.85 Å². The van der Waals surface area contributed by atoms with E-state index in [-0.39, 0.29) is 18.0 Å². The lowest BCUT2D eigenvalue weighted by Crippen LogP contribution is -2.18. The minimum absolute atomic E-state index is 0.177.